The molecule has 2 aromatic carbocycles. The standard InChI is InChI=1S/C15H12O3S/c1-17-12-6-8-13(9-7-12)19(16)15-10-11-4-2-3-5-14(11)18-15/h2-10H,1H3. The van der Waals surface area contributed by atoms with E-state index < -0.39 is 10.8 Å². The Balaban J connectivity index is 1.98. The Labute approximate surface area is 113 Å². The highest BCUT2D eigenvalue weighted by Gasteiger charge is 2.12. The van der Waals surface area contributed by atoms with E-state index in [1.807, 2.05) is 30.3 Å². The van der Waals surface area contributed by atoms with Crippen LogP contribution >= 0.6 is 0 Å². The zero-order valence-electron chi connectivity index (χ0n) is 10.3. The van der Waals surface area contributed by atoms with Gasteiger partial charge in [0.05, 0.1) is 7.11 Å². The van der Waals surface area contributed by atoms with Crippen molar-refractivity contribution < 1.29 is 13.4 Å². The van der Waals surface area contributed by atoms with Crippen LogP contribution in [0.2, 0.25) is 0 Å². The van der Waals surface area contributed by atoms with Gasteiger partial charge in [-0.1, -0.05) is 18.2 Å². The van der Waals surface area contributed by atoms with Crippen molar-refractivity contribution in [2.45, 2.75) is 9.99 Å². The van der Waals surface area contributed by atoms with E-state index in [0.29, 0.717) is 9.99 Å². The topological polar surface area (TPSA) is 39.4 Å². The Morgan fingerprint density at radius 3 is 2.47 bits per heavy atom. The largest absolute Gasteiger partial charge is 0.497 e. The predicted octanol–water partition coefficient (Wildman–Crippen LogP) is 3.61. The summed E-state index contributed by atoms with van der Waals surface area (Å²) in [7, 11) is 0.290. The molecule has 0 fully saturated rings. The smallest absolute Gasteiger partial charge is 0.196 e. The third-order valence-electron chi connectivity index (χ3n) is 2.86. The van der Waals surface area contributed by atoms with E-state index in [9.17, 15) is 4.21 Å². The molecule has 4 heteroatoms. The number of rotatable bonds is 3. The normalized spacial score (nSPS) is 12.5. The number of para-hydroxylation sites is 1. The van der Waals surface area contributed by atoms with E-state index in [4.69, 9.17) is 9.15 Å². The minimum Gasteiger partial charge on any atom is -0.497 e. The summed E-state index contributed by atoms with van der Waals surface area (Å²) in [5.74, 6) is 0.741. The summed E-state index contributed by atoms with van der Waals surface area (Å²) < 4.78 is 23.1. The molecule has 0 aliphatic heterocycles. The quantitative estimate of drug-likeness (QED) is 0.731. The van der Waals surface area contributed by atoms with Crippen LogP contribution in [0, 0.1) is 0 Å². The van der Waals surface area contributed by atoms with E-state index in [1.165, 1.54) is 0 Å². The molecular formula is C15H12O3S. The minimum absolute atomic E-state index is 0.464. The van der Waals surface area contributed by atoms with Crippen molar-refractivity contribution in [1.29, 1.82) is 0 Å². The van der Waals surface area contributed by atoms with Crippen LogP contribution < -0.4 is 4.74 Å². The number of ether oxygens (including phenoxy) is 1. The third-order valence-corrected chi connectivity index (χ3v) is 4.13. The van der Waals surface area contributed by atoms with Gasteiger partial charge in [-0.3, -0.25) is 0 Å². The summed E-state index contributed by atoms with van der Waals surface area (Å²) in [6.45, 7) is 0. The van der Waals surface area contributed by atoms with Crippen LogP contribution in [0.5, 0.6) is 5.75 Å². The lowest BCUT2D eigenvalue weighted by Crippen LogP contribution is -1.91. The molecule has 3 aromatic rings. The molecule has 0 spiro atoms. The van der Waals surface area contributed by atoms with Gasteiger partial charge in [0.2, 0.25) is 0 Å². The molecule has 1 aromatic heterocycles. The molecule has 0 saturated heterocycles. The van der Waals surface area contributed by atoms with E-state index in [2.05, 4.69) is 0 Å². The molecule has 0 aliphatic rings. The molecule has 19 heavy (non-hydrogen) atoms. The van der Waals surface area contributed by atoms with Gasteiger partial charge in [0.25, 0.3) is 0 Å². The van der Waals surface area contributed by atoms with Crippen molar-refractivity contribution >= 4 is 21.8 Å². The molecular weight excluding hydrogens is 260 g/mol. The fourth-order valence-electron chi connectivity index (χ4n) is 1.86. The first-order valence-corrected chi connectivity index (χ1v) is 6.97. The van der Waals surface area contributed by atoms with Crippen molar-refractivity contribution in [3.05, 3.63) is 54.6 Å². The summed E-state index contributed by atoms with van der Waals surface area (Å²) in [5.41, 5.74) is 0.749. The van der Waals surface area contributed by atoms with Crippen molar-refractivity contribution in [1.82, 2.24) is 0 Å². The molecule has 3 rings (SSSR count). The number of fused-ring (bicyclic) bond motifs is 1. The first kappa shape index (κ1) is 12.0. The lowest BCUT2D eigenvalue weighted by atomic mass is 10.3. The van der Waals surface area contributed by atoms with Gasteiger partial charge in [0, 0.05) is 16.3 Å². The fraction of sp³-hybridized carbons (Fsp3) is 0.0667. The first-order chi connectivity index (χ1) is 9.28. The highest BCUT2D eigenvalue weighted by molar-refractivity contribution is 7.85. The van der Waals surface area contributed by atoms with Crippen LogP contribution in [0.15, 0.2) is 69.0 Å². The second kappa shape index (κ2) is 4.90. The van der Waals surface area contributed by atoms with Gasteiger partial charge >= 0.3 is 0 Å². The number of hydrogen-bond donors (Lipinski definition) is 0. The Morgan fingerprint density at radius 2 is 1.79 bits per heavy atom. The molecule has 3 nitrogen and oxygen atoms in total. The zero-order chi connectivity index (χ0) is 13.2. The summed E-state index contributed by atoms with van der Waals surface area (Å²) in [6.07, 6.45) is 0. The van der Waals surface area contributed by atoms with Gasteiger partial charge in [-0.25, -0.2) is 4.21 Å². The summed E-state index contributed by atoms with van der Waals surface area (Å²) in [4.78, 5) is 0.694. The SMILES string of the molecule is COc1ccc(S(=O)c2cc3ccccc3o2)cc1. The van der Waals surface area contributed by atoms with Gasteiger partial charge in [0.15, 0.2) is 5.09 Å². The van der Waals surface area contributed by atoms with Crippen LogP contribution in [-0.2, 0) is 10.8 Å². The maximum atomic E-state index is 12.4. The minimum atomic E-state index is -1.31. The van der Waals surface area contributed by atoms with Crippen LogP contribution in [0.3, 0.4) is 0 Å². The van der Waals surface area contributed by atoms with E-state index in [-0.39, 0.29) is 0 Å². The molecule has 1 unspecified atom stereocenters. The average molecular weight is 272 g/mol. The highest BCUT2D eigenvalue weighted by atomic mass is 32.2. The Hall–Kier alpha value is -2.07. The summed E-state index contributed by atoms with van der Waals surface area (Å²) in [6, 6.07) is 16.6. The molecule has 0 saturated carbocycles. The Morgan fingerprint density at radius 1 is 1.05 bits per heavy atom. The van der Waals surface area contributed by atoms with Crippen molar-refractivity contribution in [2.75, 3.05) is 7.11 Å². The second-order valence-corrected chi connectivity index (χ2v) is 5.46. The average Bonchev–Trinajstić information content (AvgIpc) is 2.90. The molecule has 0 amide bonds. The maximum Gasteiger partial charge on any atom is 0.196 e. The molecule has 0 radical (unpaired) electrons. The Bertz CT molecular complexity index is 695. The fourth-order valence-corrected chi connectivity index (χ4v) is 2.88. The van der Waals surface area contributed by atoms with Gasteiger partial charge in [-0.15, -0.1) is 0 Å². The molecule has 0 N–H and O–H groups in total. The monoisotopic (exact) mass is 272 g/mol. The van der Waals surface area contributed by atoms with Gasteiger partial charge < -0.3 is 9.15 Å². The molecule has 0 aliphatic carbocycles. The van der Waals surface area contributed by atoms with E-state index in [1.54, 1.807) is 31.4 Å². The van der Waals surface area contributed by atoms with Crippen LogP contribution in [-0.4, -0.2) is 11.3 Å². The summed E-state index contributed by atoms with van der Waals surface area (Å²) >= 11 is 0. The second-order valence-electron chi connectivity index (χ2n) is 4.05. The van der Waals surface area contributed by atoms with Crippen molar-refractivity contribution in [3.8, 4) is 5.75 Å². The molecule has 96 valence electrons. The van der Waals surface area contributed by atoms with Gasteiger partial charge in [0.1, 0.15) is 22.1 Å². The highest BCUT2D eigenvalue weighted by Crippen LogP contribution is 2.25. The first-order valence-electron chi connectivity index (χ1n) is 5.82. The van der Waals surface area contributed by atoms with Crippen LogP contribution in [0.25, 0.3) is 11.0 Å². The van der Waals surface area contributed by atoms with Crippen molar-refractivity contribution in [2.24, 2.45) is 0 Å². The number of hydrogen-bond acceptors (Lipinski definition) is 3. The summed E-state index contributed by atoms with van der Waals surface area (Å²) in [5, 5.41) is 1.42. The lowest BCUT2D eigenvalue weighted by Gasteiger charge is -2.01. The molecule has 0 bridgehead atoms. The number of methoxy groups -OCH3 is 1. The van der Waals surface area contributed by atoms with Crippen LogP contribution in [0.4, 0.5) is 0 Å². The van der Waals surface area contributed by atoms with Gasteiger partial charge in [-0.2, -0.15) is 0 Å². The molecule has 1 atom stereocenters. The van der Waals surface area contributed by atoms with Gasteiger partial charge in [-0.05, 0) is 30.3 Å². The number of furan rings is 1. The third kappa shape index (κ3) is 2.27. The van der Waals surface area contributed by atoms with E-state index >= 15 is 0 Å². The lowest BCUT2D eigenvalue weighted by molar-refractivity contribution is 0.414. The molecule has 1 heterocycles. The van der Waals surface area contributed by atoms with Crippen molar-refractivity contribution in [3.63, 3.8) is 0 Å². The van der Waals surface area contributed by atoms with Crippen LogP contribution in [0.1, 0.15) is 0 Å². The zero-order valence-corrected chi connectivity index (χ0v) is 11.1. The predicted molar refractivity (Wildman–Crippen MR) is 73.9 cm³/mol. The maximum absolute atomic E-state index is 12.4. The number of benzene rings is 2. The Kier molecular flexibility index (Phi) is 3.09. The van der Waals surface area contributed by atoms with E-state index in [0.717, 1.165) is 16.7 Å².